The van der Waals surface area contributed by atoms with Gasteiger partial charge in [0, 0.05) is 24.8 Å². The number of amides is 1. The Morgan fingerprint density at radius 1 is 0.771 bits per heavy atom. The second kappa shape index (κ2) is 12.1. The Morgan fingerprint density at radius 3 is 1.94 bits per heavy atom. The van der Waals surface area contributed by atoms with Crippen LogP contribution >= 0.6 is 0 Å². The Labute approximate surface area is 208 Å². The minimum Gasteiger partial charge on any atom is -0.491 e. The van der Waals surface area contributed by atoms with Crippen molar-refractivity contribution in [3.05, 3.63) is 126 Å². The van der Waals surface area contributed by atoms with Crippen molar-refractivity contribution in [3.8, 4) is 5.75 Å². The summed E-state index contributed by atoms with van der Waals surface area (Å²) in [5.41, 5.74) is 3.40. The highest BCUT2D eigenvalue weighted by Gasteiger charge is 2.20. The Balaban J connectivity index is 1.42. The fourth-order valence-electron chi connectivity index (χ4n) is 4.43. The van der Waals surface area contributed by atoms with Crippen LogP contribution in [0.25, 0.3) is 0 Å². The van der Waals surface area contributed by atoms with Gasteiger partial charge in [-0.05, 0) is 61.2 Å². The highest BCUT2D eigenvalue weighted by molar-refractivity contribution is 5.77. The van der Waals surface area contributed by atoms with E-state index in [0.29, 0.717) is 13.0 Å². The molecule has 35 heavy (non-hydrogen) atoms. The smallest absolute Gasteiger partial charge is 0.220 e. The van der Waals surface area contributed by atoms with Crippen LogP contribution in [0.5, 0.6) is 5.75 Å². The largest absolute Gasteiger partial charge is 0.491 e. The topological polar surface area (TPSA) is 51.5 Å². The van der Waals surface area contributed by atoms with Crippen LogP contribution in [0, 0.1) is 0 Å². The first-order valence-corrected chi connectivity index (χ1v) is 12.3. The second-order valence-corrected chi connectivity index (χ2v) is 9.02. The van der Waals surface area contributed by atoms with E-state index < -0.39 is 0 Å². The maximum atomic E-state index is 13.1. The third-order valence-electron chi connectivity index (χ3n) is 6.09. The minimum absolute atomic E-state index is 0.0284. The van der Waals surface area contributed by atoms with Crippen molar-refractivity contribution in [2.45, 2.75) is 44.6 Å². The SMILES string of the molecule is CC(C)Oc1ccc([C@@H](CC(=O)NCC[C@H](c2ccccc2)c2ccco2)c2ccccc2)cc1. The van der Waals surface area contributed by atoms with Gasteiger partial charge in [-0.1, -0.05) is 72.8 Å². The van der Waals surface area contributed by atoms with Crippen LogP contribution in [0.4, 0.5) is 0 Å². The molecule has 0 unspecified atom stereocenters. The first-order valence-electron chi connectivity index (χ1n) is 12.3. The van der Waals surface area contributed by atoms with Crippen LogP contribution in [-0.2, 0) is 4.79 Å². The first kappa shape index (κ1) is 24.3. The van der Waals surface area contributed by atoms with Gasteiger partial charge in [0.25, 0.3) is 0 Å². The summed E-state index contributed by atoms with van der Waals surface area (Å²) in [6, 6.07) is 32.5. The summed E-state index contributed by atoms with van der Waals surface area (Å²) in [6.45, 7) is 4.60. The average molecular weight is 468 g/mol. The third kappa shape index (κ3) is 6.86. The molecule has 0 fully saturated rings. The highest BCUT2D eigenvalue weighted by Crippen LogP contribution is 2.30. The molecule has 0 aliphatic carbocycles. The molecule has 1 amide bonds. The zero-order valence-electron chi connectivity index (χ0n) is 20.4. The Hall–Kier alpha value is -3.79. The lowest BCUT2D eigenvalue weighted by atomic mass is 9.88. The van der Waals surface area contributed by atoms with Crippen molar-refractivity contribution in [2.75, 3.05) is 6.54 Å². The molecule has 180 valence electrons. The van der Waals surface area contributed by atoms with E-state index in [1.165, 1.54) is 5.56 Å². The van der Waals surface area contributed by atoms with E-state index >= 15 is 0 Å². The van der Waals surface area contributed by atoms with E-state index in [2.05, 4.69) is 41.7 Å². The van der Waals surface area contributed by atoms with E-state index in [9.17, 15) is 4.79 Å². The van der Waals surface area contributed by atoms with Crippen molar-refractivity contribution in [1.29, 1.82) is 0 Å². The summed E-state index contributed by atoms with van der Waals surface area (Å²) in [5, 5.41) is 3.15. The molecule has 0 saturated carbocycles. The Bertz CT molecular complexity index is 1150. The fraction of sp³-hybridized carbons (Fsp3) is 0.258. The van der Waals surface area contributed by atoms with E-state index in [4.69, 9.17) is 9.15 Å². The summed E-state index contributed by atoms with van der Waals surface area (Å²) in [6.07, 6.45) is 2.97. The quantitative estimate of drug-likeness (QED) is 0.260. The normalized spacial score (nSPS) is 12.8. The van der Waals surface area contributed by atoms with Crippen molar-refractivity contribution >= 4 is 5.91 Å². The molecule has 4 heteroatoms. The summed E-state index contributed by atoms with van der Waals surface area (Å²) < 4.78 is 11.5. The molecule has 0 saturated heterocycles. The molecule has 0 spiro atoms. The van der Waals surface area contributed by atoms with Gasteiger partial charge >= 0.3 is 0 Å². The predicted molar refractivity (Wildman–Crippen MR) is 140 cm³/mol. The molecule has 4 aromatic rings. The van der Waals surface area contributed by atoms with Gasteiger partial charge in [-0.2, -0.15) is 0 Å². The van der Waals surface area contributed by atoms with Gasteiger partial charge in [-0.15, -0.1) is 0 Å². The van der Waals surface area contributed by atoms with Crippen molar-refractivity contribution in [2.24, 2.45) is 0 Å². The molecule has 0 bridgehead atoms. The zero-order valence-corrected chi connectivity index (χ0v) is 20.4. The number of furan rings is 1. The van der Waals surface area contributed by atoms with Gasteiger partial charge in [0.05, 0.1) is 12.4 Å². The Morgan fingerprint density at radius 2 is 1.37 bits per heavy atom. The maximum Gasteiger partial charge on any atom is 0.220 e. The third-order valence-corrected chi connectivity index (χ3v) is 6.09. The molecule has 0 aliphatic rings. The van der Waals surface area contributed by atoms with Crippen LogP contribution < -0.4 is 10.1 Å². The molecular weight excluding hydrogens is 434 g/mol. The number of hydrogen-bond donors (Lipinski definition) is 1. The van der Waals surface area contributed by atoms with Crippen LogP contribution in [0.2, 0.25) is 0 Å². The van der Waals surface area contributed by atoms with Gasteiger partial charge in [0.1, 0.15) is 11.5 Å². The second-order valence-electron chi connectivity index (χ2n) is 9.02. The molecule has 3 aromatic carbocycles. The summed E-state index contributed by atoms with van der Waals surface area (Å²) in [5.74, 6) is 1.86. The van der Waals surface area contributed by atoms with Gasteiger partial charge in [-0.25, -0.2) is 0 Å². The van der Waals surface area contributed by atoms with E-state index in [1.54, 1.807) is 6.26 Å². The van der Waals surface area contributed by atoms with Crippen LogP contribution in [0.3, 0.4) is 0 Å². The first-order chi connectivity index (χ1) is 17.1. The minimum atomic E-state index is -0.0284. The van der Waals surface area contributed by atoms with Crippen molar-refractivity contribution in [3.63, 3.8) is 0 Å². The number of nitrogens with one attached hydrogen (secondary N) is 1. The molecule has 1 N–H and O–H groups in total. The lowest BCUT2D eigenvalue weighted by molar-refractivity contribution is -0.121. The number of carbonyl (C=O) groups excluding carboxylic acids is 1. The number of hydrogen-bond acceptors (Lipinski definition) is 3. The van der Waals surface area contributed by atoms with Gasteiger partial charge in [-0.3, -0.25) is 4.79 Å². The predicted octanol–water partition coefficient (Wildman–Crippen LogP) is 6.93. The molecule has 1 heterocycles. The highest BCUT2D eigenvalue weighted by atomic mass is 16.5. The van der Waals surface area contributed by atoms with Crippen molar-refractivity contribution in [1.82, 2.24) is 5.32 Å². The van der Waals surface area contributed by atoms with E-state index in [1.807, 2.05) is 74.5 Å². The lowest BCUT2D eigenvalue weighted by Gasteiger charge is -2.20. The zero-order chi connectivity index (χ0) is 24.5. The number of carbonyl (C=O) groups is 1. The average Bonchev–Trinajstić information content (AvgIpc) is 3.41. The van der Waals surface area contributed by atoms with Gasteiger partial charge in [0.15, 0.2) is 0 Å². The molecule has 0 aliphatic heterocycles. The fourth-order valence-corrected chi connectivity index (χ4v) is 4.43. The number of ether oxygens (including phenoxy) is 1. The summed E-state index contributed by atoms with van der Waals surface area (Å²) >= 11 is 0. The molecular formula is C31H33NO3. The van der Waals surface area contributed by atoms with Crippen molar-refractivity contribution < 1.29 is 13.9 Å². The van der Waals surface area contributed by atoms with Crippen LogP contribution in [0.1, 0.15) is 61.0 Å². The van der Waals surface area contributed by atoms with Crippen LogP contribution in [-0.4, -0.2) is 18.6 Å². The number of benzene rings is 3. The maximum absolute atomic E-state index is 13.1. The summed E-state index contributed by atoms with van der Waals surface area (Å²) in [4.78, 5) is 13.1. The van der Waals surface area contributed by atoms with Crippen LogP contribution in [0.15, 0.2) is 108 Å². The standard InChI is InChI=1S/C31H33NO3/c1-23(2)35-27-17-15-26(16-18-27)29(25-12-7-4-8-13-25)22-31(33)32-20-19-28(30-14-9-21-34-30)24-10-5-3-6-11-24/h3-18,21,23,28-29H,19-20,22H2,1-2H3,(H,32,33)/t28-,29+/m1/s1. The summed E-state index contributed by atoms with van der Waals surface area (Å²) in [7, 11) is 0. The molecule has 1 aromatic heterocycles. The van der Waals surface area contributed by atoms with E-state index in [-0.39, 0.29) is 23.8 Å². The monoisotopic (exact) mass is 467 g/mol. The molecule has 4 nitrogen and oxygen atoms in total. The molecule has 4 rings (SSSR count). The van der Waals surface area contributed by atoms with Gasteiger partial charge in [0.2, 0.25) is 5.91 Å². The Kier molecular flexibility index (Phi) is 8.39. The van der Waals surface area contributed by atoms with Gasteiger partial charge < -0.3 is 14.5 Å². The molecule has 0 radical (unpaired) electrons. The lowest BCUT2D eigenvalue weighted by Crippen LogP contribution is -2.27. The van der Waals surface area contributed by atoms with E-state index in [0.717, 1.165) is 29.1 Å². The molecule has 2 atom stereocenters. The number of rotatable bonds is 11.